The molecule has 1 aliphatic carbocycles. The molecule has 2 heterocycles. The highest BCUT2D eigenvalue weighted by Crippen LogP contribution is 2.37. The van der Waals surface area contributed by atoms with E-state index in [9.17, 15) is 4.79 Å². The number of nitrogens with zero attached hydrogens (tertiary/aromatic N) is 2. The van der Waals surface area contributed by atoms with Crippen molar-refractivity contribution in [1.82, 2.24) is 9.88 Å². The minimum Gasteiger partial charge on any atom is -0.387 e. The fourth-order valence-electron chi connectivity index (χ4n) is 5.60. The maximum Gasteiger partial charge on any atom is 0.169 e. The van der Waals surface area contributed by atoms with Crippen LogP contribution < -0.4 is 5.32 Å². The average Bonchev–Trinajstić information content (AvgIpc) is 2.84. The van der Waals surface area contributed by atoms with Crippen molar-refractivity contribution in [2.45, 2.75) is 45.1 Å². The number of aromatic nitrogens is 1. The monoisotopic (exact) mass is 427 g/mol. The number of rotatable bonds is 6. The van der Waals surface area contributed by atoms with Crippen LogP contribution in [-0.4, -0.2) is 35.8 Å². The molecular formula is C28H33N3O. The molecule has 166 valence electrons. The highest BCUT2D eigenvalue weighted by Gasteiger charge is 2.32. The van der Waals surface area contributed by atoms with Crippen LogP contribution in [-0.2, 0) is 13.0 Å². The molecule has 2 aromatic carbocycles. The van der Waals surface area contributed by atoms with E-state index < -0.39 is 0 Å². The van der Waals surface area contributed by atoms with E-state index >= 15 is 0 Å². The van der Waals surface area contributed by atoms with E-state index in [1.165, 1.54) is 37.9 Å². The van der Waals surface area contributed by atoms with E-state index in [4.69, 9.17) is 4.98 Å². The molecule has 0 bridgehead atoms. The van der Waals surface area contributed by atoms with Crippen LogP contribution in [0.3, 0.4) is 0 Å². The zero-order valence-corrected chi connectivity index (χ0v) is 19.0. The summed E-state index contributed by atoms with van der Waals surface area (Å²) >= 11 is 0. The number of anilines is 1. The van der Waals surface area contributed by atoms with Gasteiger partial charge in [-0.25, -0.2) is 0 Å². The van der Waals surface area contributed by atoms with Crippen LogP contribution in [0.4, 0.5) is 5.69 Å². The van der Waals surface area contributed by atoms with Crippen molar-refractivity contribution in [1.29, 1.82) is 0 Å². The standard InChI is InChI=1S/C28H33N3O/c1-29-27-23-9-5-6-10-24(23)30-25-14-13-22(28(32)26(25)27)12-11-20-15-17-31(18-16-20)19-21-7-3-2-4-8-21/h2-10,20,22H,11-19H2,1H3,(H,29,30). The highest BCUT2D eigenvalue weighted by atomic mass is 16.1. The summed E-state index contributed by atoms with van der Waals surface area (Å²) in [5.41, 5.74) is 5.17. The average molecular weight is 428 g/mol. The van der Waals surface area contributed by atoms with Crippen LogP contribution in [0.5, 0.6) is 0 Å². The molecule has 1 atom stereocenters. The Morgan fingerprint density at radius 2 is 1.72 bits per heavy atom. The molecular weight excluding hydrogens is 394 g/mol. The van der Waals surface area contributed by atoms with Crippen molar-refractivity contribution < 1.29 is 4.79 Å². The van der Waals surface area contributed by atoms with Crippen molar-refractivity contribution in [3.8, 4) is 0 Å². The molecule has 0 saturated carbocycles. The molecule has 3 aromatic rings. The van der Waals surface area contributed by atoms with Gasteiger partial charge in [-0.3, -0.25) is 14.7 Å². The minimum absolute atomic E-state index is 0.139. The summed E-state index contributed by atoms with van der Waals surface area (Å²) < 4.78 is 0. The Labute approximate surface area is 191 Å². The second-order valence-electron chi connectivity index (χ2n) is 9.46. The molecule has 4 nitrogen and oxygen atoms in total. The first-order chi connectivity index (χ1) is 15.7. The zero-order valence-electron chi connectivity index (χ0n) is 19.0. The lowest BCUT2D eigenvalue weighted by Gasteiger charge is -2.33. The third kappa shape index (κ3) is 4.29. The number of carbonyl (C=O) groups excluding carboxylic acids is 1. The zero-order chi connectivity index (χ0) is 21.9. The number of hydrogen-bond acceptors (Lipinski definition) is 4. The van der Waals surface area contributed by atoms with E-state index in [2.05, 4.69) is 46.6 Å². The van der Waals surface area contributed by atoms with Crippen LogP contribution in [0.15, 0.2) is 54.6 Å². The van der Waals surface area contributed by atoms with Gasteiger partial charge in [-0.05, 0) is 69.2 Å². The topological polar surface area (TPSA) is 45.2 Å². The van der Waals surface area contributed by atoms with Crippen molar-refractivity contribution in [3.63, 3.8) is 0 Å². The summed E-state index contributed by atoms with van der Waals surface area (Å²) in [7, 11) is 1.92. The summed E-state index contributed by atoms with van der Waals surface area (Å²) in [5.74, 6) is 1.19. The number of ketones is 1. The number of pyridine rings is 1. The maximum atomic E-state index is 13.5. The Morgan fingerprint density at radius 3 is 2.50 bits per heavy atom. The Morgan fingerprint density at radius 1 is 0.969 bits per heavy atom. The lowest BCUT2D eigenvalue weighted by molar-refractivity contribution is 0.0881. The number of para-hydroxylation sites is 1. The van der Waals surface area contributed by atoms with E-state index in [-0.39, 0.29) is 5.92 Å². The molecule has 1 aromatic heterocycles. The molecule has 0 radical (unpaired) electrons. The lowest BCUT2D eigenvalue weighted by atomic mass is 9.79. The van der Waals surface area contributed by atoms with Crippen LogP contribution in [0.25, 0.3) is 10.9 Å². The van der Waals surface area contributed by atoms with Gasteiger partial charge in [0.15, 0.2) is 5.78 Å². The molecule has 0 spiro atoms. The van der Waals surface area contributed by atoms with Crippen LogP contribution in [0, 0.1) is 11.8 Å². The van der Waals surface area contributed by atoms with Gasteiger partial charge in [-0.1, -0.05) is 48.5 Å². The molecule has 0 amide bonds. The summed E-state index contributed by atoms with van der Waals surface area (Å²) in [6.45, 7) is 3.39. The molecule has 1 saturated heterocycles. The van der Waals surface area contributed by atoms with Crippen LogP contribution in [0.2, 0.25) is 0 Å². The second-order valence-corrected chi connectivity index (χ2v) is 9.46. The summed E-state index contributed by atoms with van der Waals surface area (Å²) in [5, 5.41) is 4.36. The number of piperidine rings is 1. The molecule has 5 rings (SSSR count). The van der Waals surface area contributed by atoms with Gasteiger partial charge in [-0.2, -0.15) is 0 Å². The number of likely N-dealkylation sites (tertiary alicyclic amines) is 1. The smallest absolute Gasteiger partial charge is 0.169 e. The number of fused-ring (bicyclic) bond motifs is 2. The lowest BCUT2D eigenvalue weighted by Crippen LogP contribution is -2.33. The Hall–Kier alpha value is -2.72. The fourth-order valence-corrected chi connectivity index (χ4v) is 5.60. The SMILES string of the molecule is CNc1c2c(nc3ccccc13)CCC(CCC1CCN(Cc3ccccc3)CC1)C2=O. The van der Waals surface area contributed by atoms with E-state index in [0.29, 0.717) is 5.78 Å². The Balaban J connectivity index is 1.20. The quantitative estimate of drug-likeness (QED) is 0.547. The first-order valence-electron chi connectivity index (χ1n) is 12.1. The number of nitrogens with one attached hydrogen (secondary N) is 1. The van der Waals surface area contributed by atoms with Gasteiger partial charge < -0.3 is 5.32 Å². The van der Waals surface area contributed by atoms with Crippen molar-refractivity contribution in [2.75, 3.05) is 25.5 Å². The number of benzene rings is 2. The normalized spacial score (nSPS) is 19.8. The van der Waals surface area contributed by atoms with E-state index in [1.54, 1.807) is 0 Å². The van der Waals surface area contributed by atoms with Gasteiger partial charge in [0.25, 0.3) is 0 Å². The minimum atomic E-state index is 0.139. The Bertz CT molecular complexity index is 1090. The molecule has 1 unspecified atom stereocenters. The number of carbonyl (C=O) groups is 1. The first kappa shape index (κ1) is 21.1. The summed E-state index contributed by atoms with van der Waals surface area (Å²) in [4.78, 5) is 20.9. The predicted octanol–water partition coefficient (Wildman–Crippen LogP) is 5.71. The number of Topliss-reactive ketones (excluding diaryl/α,β-unsaturated/α-hetero) is 1. The van der Waals surface area contributed by atoms with Gasteiger partial charge in [-0.15, -0.1) is 0 Å². The molecule has 2 aliphatic rings. The van der Waals surface area contributed by atoms with Crippen LogP contribution in [0.1, 0.15) is 53.7 Å². The third-order valence-corrected chi connectivity index (χ3v) is 7.44. The molecule has 1 N–H and O–H groups in total. The molecule has 1 aliphatic heterocycles. The van der Waals surface area contributed by atoms with E-state index in [0.717, 1.165) is 59.6 Å². The summed E-state index contributed by atoms with van der Waals surface area (Å²) in [6, 6.07) is 18.9. The van der Waals surface area contributed by atoms with Gasteiger partial charge in [0, 0.05) is 24.9 Å². The largest absolute Gasteiger partial charge is 0.387 e. The molecule has 4 heteroatoms. The number of hydrogen-bond donors (Lipinski definition) is 1. The van der Waals surface area contributed by atoms with Crippen LogP contribution >= 0.6 is 0 Å². The van der Waals surface area contributed by atoms with Gasteiger partial charge in [0.05, 0.1) is 22.5 Å². The second kappa shape index (κ2) is 9.41. The first-order valence-corrected chi connectivity index (χ1v) is 12.1. The van der Waals surface area contributed by atoms with Gasteiger partial charge >= 0.3 is 0 Å². The van der Waals surface area contributed by atoms with Gasteiger partial charge in [0.1, 0.15) is 0 Å². The molecule has 1 fully saturated rings. The van der Waals surface area contributed by atoms with Crippen molar-refractivity contribution in [2.24, 2.45) is 11.8 Å². The maximum absolute atomic E-state index is 13.5. The highest BCUT2D eigenvalue weighted by molar-refractivity contribution is 6.10. The predicted molar refractivity (Wildman–Crippen MR) is 131 cm³/mol. The van der Waals surface area contributed by atoms with E-state index in [1.807, 2.05) is 25.2 Å². The summed E-state index contributed by atoms with van der Waals surface area (Å²) in [6.07, 6.45) is 6.52. The van der Waals surface area contributed by atoms with Gasteiger partial charge in [0.2, 0.25) is 0 Å². The van der Waals surface area contributed by atoms with Crippen molar-refractivity contribution in [3.05, 3.63) is 71.4 Å². The van der Waals surface area contributed by atoms with Crippen molar-refractivity contribution >= 4 is 22.4 Å². The molecule has 32 heavy (non-hydrogen) atoms. The number of aryl methyl sites for hydroxylation is 1. The fraction of sp³-hybridized carbons (Fsp3) is 0.429. The third-order valence-electron chi connectivity index (χ3n) is 7.44. The Kier molecular flexibility index (Phi) is 6.22.